The zero-order valence-corrected chi connectivity index (χ0v) is 13.0. The van der Waals surface area contributed by atoms with Gasteiger partial charge >= 0.3 is 5.97 Å². The summed E-state index contributed by atoms with van der Waals surface area (Å²) in [5.74, 6) is -1.26. The third-order valence-electron chi connectivity index (χ3n) is 2.59. The van der Waals surface area contributed by atoms with Crippen LogP contribution in [0.3, 0.4) is 0 Å². The van der Waals surface area contributed by atoms with Crippen molar-refractivity contribution in [2.45, 2.75) is 13.3 Å². The van der Waals surface area contributed by atoms with Crippen molar-refractivity contribution in [1.82, 2.24) is 0 Å². The second-order valence-corrected chi connectivity index (χ2v) is 6.43. The Balaban J connectivity index is 2.10. The summed E-state index contributed by atoms with van der Waals surface area (Å²) >= 11 is 4.61. The van der Waals surface area contributed by atoms with Gasteiger partial charge in [-0.15, -0.1) is 11.3 Å². The molecule has 0 spiro atoms. The lowest BCUT2D eigenvalue weighted by atomic mass is 10.1. The second kappa shape index (κ2) is 6.19. The Morgan fingerprint density at radius 2 is 2.10 bits per heavy atom. The highest BCUT2D eigenvalue weighted by Gasteiger charge is 2.16. The van der Waals surface area contributed by atoms with Crippen LogP contribution in [0.25, 0.3) is 0 Å². The van der Waals surface area contributed by atoms with E-state index in [0.29, 0.717) is 5.00 Å². The van der Waals surface area contributed by atoms with Crippen molar-refractivity contribution in [3.8, 4) is 0 Å². The van der Waals surface area contributed by atoms with Crippen LogP contribution in [0.15, 0.2) is 34.8 Å². The monoisotopic (exact) mass is 353 g/mol. The number of rotatable bonds is 4. The minimum absolute atomic E-state index is 0.134. The molecule has 0 aliphatic rings. The summed E-state index contributed by atoms with van der Waals surface area (Å²) in [5, 5.41) is 12.1. The average molecular weight is 354 g/mol. The summed E-state index contributed by atoms with van der Waals surface area (Å²) in [6.07, 6.45) is 0.204. The molecule has 0 fully saturated rings. The number of anilines is 1. The number of carbonyl (C=O) groups excluding carboxylic acids is 1. The molecule has 6 heteroatoms. The number of aromatic carboxylic acids is 1. The van der Waals surface area contributed by atoms with Crippen molar-refractivity contribution in [3.63, 3.8) is 0 Å². The largest absolute Gasteiger partial charge is 0.478 e. The molecule has 0 atom stereocenters. The van der Waals surface area contributed by atoms with E-state index in [-0.39, 0.29) is 17.9 Å². The van der Waals surface area contributed by atoms with Crippen LogP contribution in [-0.2, 0) is 11.2 Å². The summed E-state index contributed by atoms with van der Waals surface area (Å²) in [7, 11) is 0. The topological polar surface area (TPSA) is 66.4 Å². The van der Waals surface area contributed by atoms with Crippen LogP contribution in [0, 0.1) is 6.92 Å². The van der Waals surface area contributed by atoms with Gasteiger partial charge in [0.05, 0.1) is 12.0 Å². The third kappa shape index (κ3) is 3.68. The number of carboxylic acid groups (broad SMARTS) is 1. The summed E-state index contributed by atoms with van der Waals surface area (Å²) in [5.41, 5.74) is 0.997. The standard InChI is InChI=1S/C14H12BrNO3S/c1-8-5-11(14(18)19)13(20-8)16-12(17)7-9-3-2-4-10(15)6-9/h2-6H,7H2,1H3,(H,16,17)(H,18,19). The molecule has 2 N–H and O–H groups in total. The van der Waals surface area contributed by atoms with E-state index in [1.807, 2.05) is 24.3 Å². The SMILES string of the molecule is Cc1cc(C(=O)O)c(NC(=O)Cc2cccc(Br)c2)s1. The molecule has 0 radical (unpaired) electrons. The van der Waals surface area contributed by atoms with E-state index in [4.69, 9.17) is 5.11 Å². The van der Waals surface area contributed by atoms with Gasteiger partial charge in [-0.25, -0.2) is 4.79 Å². The smallest absolute Gasteiger partial charge is 0.338 e. The van der Waals surface area contributed by atoms with Crippen molar-refractivity contribution in [1.29, 1.82) is 0 Å². The molecule has 0 aliphatic heterocycles. The van der Waals surface area contributed by atoms with Crippen LogP contribution < -0.4 is 5.32 Å². The summed E-state index contributed by atoms with van der Waals surface area (Å²) in [4.78, 5) is 23.9. The summed E-state index contributed by atoms with van der Waals surface area (Å²) in [6.45, 7) is 1.81. The van der Waals surface area contributed by atoms with Crippen molar-refractivity contribution >= 4 is 44.1 Å². The van der Waals surface area contributed by atoms with E-state index in [1.165, 1.54) is 11.3 Å². The zero-order chi connectivity index (χ0) is 14.7. The van der Waals surface area contributed by atoms with Crippen molar-refractivity contribution in [3.05, 3.63) is 50.8 Å². The van der Waals surface area contributed by atoms with Crippen LogP contribution >= 0.6 is 27.3 Å². The van der Waals surface area contributed by atoms with E-state index >= 15 is 0 Å². The van der Waals surface area contributed by atoms with Crippen molar-refractivity contribution in [2.24, 2.45) is 0 Å². The van der Waals surface area contributed by atoms with E-state index in [9.17, 15) is 9.59 Å². The molecule has 0 unspecified atom stereocenters. The first-order chi connectivity index (χ1) is 9.45. The number of nitrogens with one attached hydrogen (secondary N) is 1. The molecule has 104 valence electrons. The zero-order valence-electron chi connectivity index (χ0n) is 10.6. The van der Waals surface area contributed by atoms with Gasteiger partial charge < -0.3 is 10.4 Å². The van der Waals surface area contributed by atoms with E-state index < -0.39 is 5.97 Å². The lowest BCUT2D eigenvalue weighted by Crippen LogP contribution is -2.15. The van der Waals surface area contributed by atoms with Crippen LogP contribution in [0.4, 0.5) is 5.00 Å². The van der Waals surface area contributed by atoms with Crippen LogP contribution in [0.5, 0.6) is 0 Å². The number of benzene rings is 1. The fraction of sp³-hybridized carbons (Fsp3) is 0.143. The molecule has 4 nitrogen and oxygen atoms in total. The van der Waals surface area contributed by atoms with Gasteiger partial charge in [-0.1, -0.05) is 28.1 Å². The molecule has 0 bridgehead atoms. The number of aryl methyl sites for hydroxylation is 1. The predicted octanol–water partition coefficient (Wildman–Crippen LogP) is 3.70. The Hall–Kier alpha value is -1.66. The highest BCUT2D eigenvalue weighted by molar-refractivity contribution is 9.10. The normalized spacial score (nSPS) is 10.3. The summed E-state index contributed by atoms with van der Waals surface area (Å²) < 4.78 is 0.904. The van der Waals surface area contributed by atoms with Crippen molar-refractivity contribution < 1.29 is 14.7 Å². The first-order valence-corrected chi connectivity index (χ1v) is 7.44. The number of hydrogen-bond donors (Lipinski definition) is 2. The first kappa shape index (κ1) is 14.7. The Morgan fingerprint density at radius 3 is 2.75 bits per heavy atom. The molecule has 2 rings (SSSR count). The predicted molar refractivity (Wildman–Crippen MR) is 82.5 cm³/mol. The maximum Gasteiger partial charge on any atom is 0.338 e. The first-order valence-electron chi connectivity index (χ1n) is 5.83. The van der Waals surface area contributed by atoms with E-state index in [1.54, 1.807) is 13.0 Å². The highest BCUT2D eigenvalue weighted by Crippen LogP contribution is 2.27. The molecule has 20 heavy (non-hydrogen) atoms. The lowest BCUT2D eigenvalue weighted by Gasteiger charge is -2.04. The van der Waals surface area contributed by atoms with Crippen LogP contribution in [0.2, 0.25) is 0 Å². The van der Waals surface area contributed by atoms with Gasteiger partial charge in [0.2, 0.25) is 5.91 Å². The minimum Gasteiger partial charge on any atom is -0.478 e. The number of carbonyl (C=O) groups is 2. The fourth-order valence-electron chi connectivity index (χ4n) is 1.77. The molecule has 1 heterocycles. The number of halogens is 1. The number of amides is 1. The molecule has 1 aromatic heterocycles. The fourth-order valence-corrected chi connectivity index (χ4v) is 3.14. The Morgan fingerprint density at radius 1 is 1.35 bits per heavy atom. The average Bonchev–Trinajstić information content (AvgIpc) is 2.70. The van der Waals surface area contributed by atoms with Crippen LogP contribution in [-0.4, -0.2) is 17.0 Å². The maximum atomic E-state index is 12.0. The van der Waals surface area contributed by atoms with Gasteiger partial charge in [0.25, 0.3) is 0 Å². The van der Waals surface area contributed by atoms with Crippen LogP contribution in [0.1, 0.15) is 20.8 Å². The maximum absolute atomic E-state index is 12.0. The molecular weight excluding hydrogens is 342 g/mol. The second-order valence-electron chi connectivity index (χ2n) is 4.26. The van der Waals surface area contributed by atoms with E-state index in [2.05, 4.69) is 21.2 Å². The van der Waals surface area contributed by atoms with Gasteiger partial charge in [0.1, 0.15) is 5.00 Å². The molecule has 0 aliphatic carbocycles. The molecule has 0 saturated carbocycles. The number of carboxylic acids is 1. The molecule has 1 amide bonds. The molecular formula is C14H12BrNO3S. The highest BCUT2D eigenvalue weighted by atomic mass is 79.9. The quantitative estimate of drug-likeness (QED) is 0.880. The molecule has 0 saturated heterocycles. The van der Waals surface area contributed by atoms with E-state index in [0.717, 1.165) is 14.9 Å². The molecule has 2 aromatic rings. The van der Waals surface area contributed by atoms with Gasteiger partial charge in [-0.05, 0) is 30.7 Å². The Kier molecular flexibility index (Phi) is 4.57. The Labute approximate surface area is 128 Å². The number of hydrogen-bond acceptors (Lipinski definition) is 3. The van der Waals surface area contributed by atoms with Gasteiger partial charge in [0, 0.05) is 9.35 Å². The van der Waals surface area contributed by atoms with Gasteiger partial charge in [-0.3, -0.25) is 4.79 Å². The lowest BCUT2D eigenvalue weighted by molar-refractivity contribution is -0.115. The third-order valence-corrected chi connectivity index (χ3v) is 4.05. The van der Waals surface area contributed by atoms with Crippen molar-refractivity contribution in [2.75, 3.05) is 5.32 Å². The number of thiophene rings is 1. The van der Waals surface area contributed by atoms with Gasteiger partial charge in [-0.2, -0.15) is 0 Å². The summed E-state index contributed by atoms with van der Waals surface area (Å²) in [6, 6.07) is 9.00. The minimum atomic E-state index is -1.04. The molecule has 1 aromatic carbocycles. The Bertz CT molecular complexity index is 666. The van der Waals surface area contributed by atoms with Gasteiger partial charge in [0.15, 0.2) is 0 Å².